The van der Waals surface area contributed by atoms with Gasteiger partial charge in [0, 0.05) is 0 Å². The Hall–Kier alpha value is -2.05. The van der Waals surface area contributed by atoms with Crippen molar-refractivity contribution in [3.05, 3.63) is 89.5 Å². The number of hydrogen-bond donors (Lipinski definition) is 0. The number of aryl methyl sites for hydroxylation is 1. The highest BCUT2D eigenvalue weighted by molar-refractivity contribution is 7.94. The van der Waals surface area contributed by atoms with Gasteiger partial charge in [0.15, 0.2) is 0 Å². The average molecular weight is 332 g/mol. The van der Waals surface area contributed by atoms with Crippen LogP contribution in [-0.2, 0) is 6.42 Å². The van der Waals surface area contributed by atoms with Crippen LogP contribution in [0.5, 0.6) is 5.75 Å². The summed E-state index contributed by atoms with van der Waals surface area (Å²) in [6.07, 6.45) is 0.957. The van der Waals surface area contributed by atoms with Crippen molar-refractivity contribution in [3.8, 4) is 5.75 Å². The van der Waals surface area contributed by atoms with Crippen molar-refractivity contribution < 1.29 is 4.74 Å². The van der Waals surface area contributed by atoms with E-state index in [0.29, 0.717) is 0 Å². The summed E-state index contributed by atoms with van der Waals surface area (Å²) in [5, 5.41) is 2.94. The van der Waals surface area contributed by atoms with Gasteiger partial charge in [0.1, 0.15) is 13.3 Å². The molecule has 0 N–H and O–H groups in total. The van der Waals surface area contributed by atoms with Gasteiger partial charge in [-0.15, -0.1) is 0 Å². The zero-order valence-electron chi connectivity index (χ0n) is 14.5. The van der Waals surface area contributed by atoms with E-state index in [-0.39, 0.29) is 7.80 Å². The number of ether oxygens (including phenoxy) is 1. The normalized spacial score (nSPS) is 11.9. The first-order chi connectivity index (χ1) is 11.7. The average Bonchev–Trinajstić information content (AvgIpc) is 2.63. The van der Waals surface area contributed by atoms with E-state index < -0.39 is 0 Å². The fourth-order valence-electron chi connectivity index (χ4n) is 3.02. The highest BCUT2D eigenvalue weighted by Gasteiger charge is 2.13. The van der Waals surface area contributed by atoms with Crippen LogP contribution in [-0.4, -0.2) is 14.7 Å². The maximum atomic E-state index is 5.26. The van der Waals surface area contributed by atoms with Crippen LogP contribution < -0.4 is 15.3 Å². The van der Waals surface area contributed by atoms with Gasteiger partial charge in [-0.25, -0.2) is 0 Å². The van der Waals surface area contributed by atoms with Gasteiger partial charge in [-0.3, -0.25) is 0 Å². The minimum absolute atomic E-state index is 0.343. The fraction of sp³-hybridized carbons (Fsp3) is 0.143. The van der Waals surface area contributed by atoms with Gasteiger partial charge in [0.2, 0.25) is 0 Å². The second-order valence-corrected chi connectivity index (χ2v) is 8.08. The Kier molecular flexibility index (Phi) is 5.38. The number of methoxy groups -OCH3 is 1. The van der Waals surface area contributed by atoms with Crippen LogP contribution in [0.25, 0.3) is 0 Å². The molecule has 0 aliphatic heterocycles. The van der Waals surface area contributed by atoms with E-state index in [1.54, 1.807) is 7.11 Å². The SMILES string of the molecule is BP(c1ccccc1C)c1ccccc1Cc1ccc(OC)cc1. The summed E-state index contributed by atoms with van der Waals surface area (Å²) in [5.74, 6) is 0.907. The highest BCUT2D eigenvalue weighted by atomic mass is 31.1. The van der Waals surface area contributed by atoms with Crippen molar-refractivity contribution in [2.45, 2.75) is 13.3 Å². The van der Waals surface area contributed by atoms with Gasteiger partial charge in [-0.2, -0.15) is 0 Å². The summed E-state index contributed by atoms with van der Waals surface area (Å²) in [6, 6.07) is 26.0. The molecule has 1 nitrogen and oxygen atoms in total. The summed E-state index contributed by atoms with van der Waals surface area (Å²) in [7, 11) is 3.73. The highest BCUT2D eigenvalue weighted by Crippen LogP contribution is 2.31. The first-order valence-electron chi connectivity index (χ1n) is 8.19. The molecule has 0 spiro atoms. The van der Waals surface area contributed by atoms with Crippen LogP contribution in [0.15, 0.2) is 72.8 Å². The topological polar surface area (TPSA) is 9.23 Å². The second kappa shape index (κ2) is 7.68. The molecule has 3 heteroatoms. The van der Waals surface area contributed by atoms with E-state index in [9.17, 15) is 0 Å². The zero-order chi connectivity index (χ0) is 16.9. The number of benzene rings is 3. The summed E-state index contributed by atoms with van der Waals surface area (Å²) < 4.78 is 5.26. The Bertz CT molecular complexity index is 814. The summed E-state index contributed by atoms with van der Waals surface area (Å²) in [5.41, 5.74) is 4.11. The third-order valence-electron chi connectivity index (χ3n) is 4.38. The van der Waals surface area contributed by atoms with Gasteiger partial charge in [0.25, 0.3) is 0 Å². The summed E-state index contributed by atoms with van der Waals surface area (Å²) >= 11 is 0. The van der Waals surface area contributed by atoms with Crippen LogP contribution >= 0.6 is 7.80 Å². The van der Waals surface area contributed by atoms with Crippen molar-refractivity contribution in [1.82, 2.24) is 0 Å². The predicted molar refractivity (Wildman–Crippen MR) is 108 cm³/mol. The van der Waals surface area contributed by atoms with Crippen molar-refractivity contribution in [2.24, 2.45) is 0 Å². The van der Waals surface area contributed by atoms with Crippen molar-refractivity contribution in [3.63, 3.8) is 0 Å². The summed E-state index contributed by atoms with van der Waals surface area (Å²) in [4.78, 5) is 0. The van der Waals surface area contributed by atoms with Crippen LogP contribution in [0.3, 0.4) is 0 Å². The lowest BCUT2D eigenvalue weighted by molar-refractivity contribution is 0.414. The molecule has 0 aliphatic carbocycles. The van der Waals surface area contributed by atoms with E-state index >= 15 is 0 Å². The molecule has 0 heterocycles. The van der Waals surface area contributed by atoms with Crippen LogP contribution in [0, 0.1) is 6.92 Å². The van der Waals surface area contributed by atoms with Crippen molar-refractivity contribution in [2.75, 3.05) is 7.11 Å². The Morgan fingerprint density at radius 1 is 0.833 bits per heavy atom. The maximum absolute atomic E-state index is 5.26. The number of rotatable bonds is 5. The van der Waals surface area contributed by atoms with E-state index in [2.05, 4.69) is 75.2 Å². The third-order valence-corrected chi connectivity index (χ3v) is 6.77. The van der Waals surface area contributed by atoms with Gasteiger partial charge in [-0.1, -0.05) is 68.5 Å². The second-order valence-electron chi connectivity index (χ2n) is 6.00. The van der Waals surface area contributed by atoms with Gasteiger partial charge in [-0.05, 0) is 52.8 Å². The van der Waals surface area contributed by atoms with Gasteiger partial charge in [0.05, 0.1) is 7.11 Å². The van der Waals surface area contributed by atoms with Crippen LogP contribution in [0.2, 0.25) is 0 Å². The zero-order valence-corrected chi connectivity index (χ0v) is 15.4. The summed E-state index contributed by atoms with van der Waals surface area (Å²) in [6.45, 7) is 2.21. The molecular formula is C21H22BOP. The molecule has 0 aliphatic rings. The molecule has 120 valence electrons. The fourth-order valence-corrected chi connectivity index (χ4v) is 5.09. The maximum Gasteiger partial charge on any atom is 0.145 e. The van der Waals surface area contributed by atoms with E-state index in [0.717, 1.165) is 12.2 Å². The van der Waals surface area contributed by atoms with Crippen LogP contribution in [0.1, 0.15) is 16.7 Å². The molecule has 24 heavy (non-hydrogen) atoms. The minimum Gasteiger partial charge on any atom is -0.497 e. The Morgan fingerprint density at radius 3 is 2.12 bits per heavy atom. The number of hydrogen-bond acceptors (Lipinski definition) is 1. The Morgan fingerprint density at radius 2 is 1.46 bits per heavy atom. The lowest BCUT2D eigenvalue weighted by Gasteiger charge is -2.20. The predicted octanol–water partition coefficient (Wildman–Crippen LogP) is 3.58. The standard InChI is InChI=1S/C21H22BOP/c1-16-7-3-5-9-20(16)24(22)21-10-6-4-8-18(21)15-17-11-13-19(23-2)14-12-17/h3-14H,15,22H2,1-2H3. The van der Waals surface area contributed by atoms with E-state index in [1.165, 1.54) is 27.3 Å². The molecule has 3 aromatic rings. The monoisotopic (exact) mass is 332 g/mol. The molecule has 1 atom stereocenters. The molecule has 0 saturated heterocycles. The quantitative estimate of drug-likeness (QED) is 0.513. The molecule has 3 aromatic carbocycles. The van der Waals surface area contributed by atoms with Gasteiger partial charge >= 0.3 is 0 Å². The van der Waals surface area contributed by atoms with Crippen molar-refractivity contribution >= 4 is 26.0 Å². The smallest absolute Gasteiger partial charge is 0.145 e. The first kappa shape index (κ1) is 16.8. The Balaban J connectivity index is 1.91. The van der Waals surface area contributed by atoms with E-state index in [4.69, 9.17) is 4.74 Å². The lowest BCUT2D eigenvalue weighted by Crippen LogP contribution is -2.18. The van der Waals surface area contributed by atoms with Crippen molar-refractivity contribution in [1.29, 1.82) is 0 Å². The van der Waals surface area contributed by atoms with Gasteiger partial charge < -0.3 is 4.74 Å². The molecule has 0 fully saturated rings. The molecule has 1 unspecified atom stereocenters. The first-order valence-corrected chi connectivity index (χ1v) is 9.98. The lowest BCUT2D eigenvalue weighted by atomic mass is 10.0. The molecular weight excluding hydrogens is 310 g/mol. The molecule has 3 rings (SSSR count). The molecule has 0 aromatic heterocycles. The van der Waals surface area contributed by atoms with E-state index in [1.807, 2.05) is 12.1 Å². The molecule has 0 saturated carbocycles. The Labute approximate surface area is 146 Å². The third kappa shape index (κ3) is 3.71. The van der Waals surface area contributed by atoms with Crippen LogP contribution in [0.4, 0.5) is 0 Å². The molecule has 0 amide bonds. The minimum atomic E-state index is -0.343. The largest absolute Gasteiger partial charge is 0.497 e. The molecule has 0 radical (unpaired) electrons. The molecule has 0 bridgehead atoms.